The normalized spacial score (nSPS) is 16.3. The summed E-state index contributed by atoms with van der Waals surface area (Å²) in [5, 5.41) is 0. The fourth-order valence-electron chi connectivity index (χ4n) is 0.684. The smallest absolute Gasteiger partial charge is 0.0903 e. The maximum absolute atomic E-state index is 11.6. The Kier molecular flexibility index (Phi) is 6.76. The van der Waals surface area contributed by atoms with E-state index in [9.17, 15) is 8.60 Å². The van der Waals surface area contributed by atoms with Crippen LogP contribution in [0.25, 0.3) is 0 Å². The van der Waals surface area contributed by atoms with Gasteiger partial charge in [0.1, 0.15) is 0 Å². The van der Waals surface area contributed by atoms with Crippen molar-refractivity contribution in [3.05, 3.63) is 0 Å². The van der Waals surface area contributed by atoms with Crippen molar-refractivity contribution in [2.24, 2.45) is 11.7 Å². The highest BCUT2D eigenvalue weighted by Crippen LogP contribution is 1.97. The van der Waals surface area contributed by atoms with E-state index in [1.807, 2.05) is 6.92 Å². The second-order valence-corrected chi connectivity index (χ2v) is 4.32. The lowest BCUT2D eigenvalue weighted by molar-refractivity contribution is 0.487. The summed E-state index contributed by atoms with van der Waals surface area (Å²) in [5.74, 6) is 1.37. The fourth-order valence-corrected chi connectivity index (χ4v) is 2.05. The van der Waals surface area contributed by atoms with Crippen LogP contribution in [-0.4, -0.2) is 28.9 Å². The molecule has 2 nitrogen and oxygen atoms in total. The molecule has 68 valence electrons. The maximum atomic E-state index is 11.6. The minimum atomic E-state index is -0.870. The lowest BCUT2D eigenvalue weighted by Crippen LogP contribution is -2.19. The van der Waals surface area contributed by atoms with Gasteiger partial charge in [0.25, 0.3) is 0 Å². The Morgan fingerprint density at radius 3 is 2.73 bits per heavy atom. The lowest BCUT2D eigenvalue weighted by Gasteiger charge is -2.06. The summed E-state index contributed by atoms with van der Waals surface area (Å²) >= 11 is 0. The van der Waals surface area contributed by atoms with E-state index >= 15 is 0 Å². The largest absolute Gasteiger partial charge is 0.330 e. The van der Waals surface area contributed by atoms with Gasteiger partial charge < -0.3 is 5.73 Å². The summed E-state index contributed by atoms with van der Waals surface area (Å²) in [6.45, 7) is 2.14. The van der Waals surface area contributed by atoms with E-state index in [4.69, 9.17) is 5.73 Å². The van der Waals surface area contributed by atoms with Crippen molar-refractivity contribution < 1.29 is 8.60 Å². The molecule has 0 saturated carbocycles. The van der Waals surface area contributed by atoms with Crippen LogP contribution in [0.4, 0.5) is 4.39 Å². The molecule has 2 atom stereocenters. The number of alkyl halides is 1. The molecule has 0 aliphatic rings. The van der Waals surface area contributed by atoms with Crippen LogP contribution in [0.5, 0.6) is 0 Å². The Morgan fingerprint density at radius 1 is 1.64 bits per heavy atom. The van der Waals surface area contributed by atoms with Crippen molar-refractivity contribution >= 4 is 10.8 Å². The predicted octanol–water partition coefficient (Wildman–Crippen LogP) is 0.689. The van der Waals surface area contributed by atoms with Crippen LogP contribution < -0.4 is 5.73 Å². The summed E-state index contributed by atoms with van der Waals surface area (Å²) in [7, 11) is -0.870. The van der Waals surface area contributed by atoms with Gasteiger partial charge in [-0.05, 0) is 18.9 Å². The molecule has 0 radical (unpaired) electrons. The van der Waals surface area contributed by atoms with Gasteiger partial charge in [-0.25, -0.2) is 0 Å². The lowest BCUT2D eigenvalue weighted by atomic mass is 10.2. The molecule has 0 amide bonds. The highest BCUT2D eigenvalue weighted by molar-refractivity contribution is 7.84. The van der Waals surface area contributed by atoms with E-state index in [1.54, 1.807) is 0 Å². The average Bonchev–Trinajstić information content (AvgIpc) is 2.00. The third-order valence-electron chi connectivity index (χ3n) is 1.38. The maximum Gasteiger partial charge on any atom is 0.0903 e. The molecule has 2 unspecified atom stereocenters. The molecule has 0 aromatic rings. The molecule has 0 aromatic heterocycles. The molecule has 0 bridgehead atoms. The number of hydrogen-bond donors (Lipinski definition) is 1. The molecular formula is C7H16FNOS. The molecule has 0 saturated heterocycles. The van der Waals surface area contributed by atoms with Crippen molar-refractivity contribution in [3.63, 3.8) is 0 Å². The third kappa shape index (κ3) is 6.44. The SMILES string of the molecule is CC(CN)CS(=O)CCCF. The minimum Gasteiger partial charge on any atom is -0.330 e. The van der Waals surface area contributed by atoms with Crippen LogP contribution in [0.15, 0.2) is 0 Å². The summed E-state index contributed by atoms with van der Waals surface area (Å²) < 4.78 is 22.7. The predicted molar refractivity (Wildman–Crippen MR) is 46.7 cm³/mol. The molecular weight excluding hydrogens is 165 g/mol. The highest BCUT2D eigenvalue weighted by Gasteiger charge is 2.04. The van der Waals surface area contributed by atoms with Crippen molar-refractivity contribution in [2.75, 3.05) is 24.7 Å². The first-order valence-corrected chi connectivity index (χ1v) is 5.30. The van der Waals surface area contributed by atoms with Crippen molar-refractivity contribution in [2.45, 2.75) is 13.3 Å². The zero-order chi connectivity index (χ0) is 8.69. The number of nitrogens with two attached hydrogens (primary N) is 1. The molecule has 11 heavy (non-hydrogen) atoms. The van der Waals surface area contributed by atoms with E-state index in [0.29, 0.717) is 24.5 Å². The average molecular weight is 181 g/mol. The molecule has 0 aliphatic carbocycles. The van der Waals surface area contributed by atoms with Gasteiger partial charge >= 0.3 is 0 Å². The monoisotopic (exact) mass is 181 g/mol. The van der Waals surface area contributed by atoms with Crippen molar-refractivity contribution in [1.29, 1.82) is 0 Å². The Labute approximate surface area is 69.8 Å². The molecule has 0 rings (SSSR count). The Hall–Kier alpha value is 0.0400. The summed E-state index contributed by atoms with van der Waals surface area (Å²) in [6, 6.07) is 0. The Morgan fingerprint density at radius 2 is 2.27 bits per heavy atom. The fraction of sp³-hybridized carbons (Fsp3) is 1.00. The topological polar surface area (TPSA) is 43.1 Å². The van der Waals surface area contributed by atoms with Crippen LogP contribution in [0, 0.1) is 5.92 Å². The first-order valence-electron chi connectivity index (χ1n) is 3.81. The Balaban J connectivity index is 3.36. The van der Waals surface area contributed by atoms with E-state index in [1.165, 1.54) is 0 Å². The van der Waals surface area contributed by atoms with Gasteiger partial charge in [0.15, 0.2) is 0 Å². The molecule has 0 heterocycles. The standard InChI is InChI=1S/C7H16FNOS/c1-7(5-9)6-11(10)4-2-3-8/h7H,2-6,9H2,1H3. The van der Waals surface area contributed by atoms with Crippen LogP contribution in [-0.2, 0) is 10.8 Å². The summed E-state index contributed by atoms with van der Waals surface area (Å²) in [5.41, 5.74) is 5.34. The molecule has 2 N–H and O–H groups in total. The molecule has 0 spiro atoms. The van der Waals surface area contributed by atoms with Crippen LogP contribution in [0.1, 0.15) is 13.3 Å². The number of hydrogen-bond acceptors (Lipinski definition) is 2. The zero-order valence-corrected chi connectivity index (χ0v) is 7.70. The first-order chi connectivity index (χ1) is 5.20. The quantitative estimate of drug-likeness (QED) is 0.655. The summed E-state index contributed by atoms with van der Waals surface area (Å²) in [6.07, 6.45) is 0.407. The van der Waals surface area contributed by atoms with Gasteiger partial charge in [-0.3, -0.25) is 8.60 Å². The van der Waals surface area contributed by atoms with Crippen molar-refractivity contribution in [3.8, 4) is 0 Å². The highest BCUT2D eigenvalue weighted by atomic mass is 32.2. The molecule has 4 heteroatoms. The van der Waals surface area contributed by atoms with Crippen molar-refractivity contribution in [1.82, 2.24) is 0 Å². The zero-order valence-electron chi connectivity index (χ0n) is 6.88. The van der Waals surface area contributed by atoms with Gasteiger partial charge in [0.05, 0.1) is 6.67 Å². The van der Waals surface area contributed by atoms with E-state index in [-0.39, 0.29) is 12.6 Å². The number of halogens is 1. The van der Waals surface area contributed by atoms with E-state index < -0.39 is 10.8 Å². The van der Waals surface area contributed by atoms with Gasteiger partial charge in [-0.2, -0.15) is 0 Å². The van der Waals surface area contributed by atoms with Crippen LogP contribution >= 0.6 is 0 Å². The molecule has 0 aromatic carbocycles. The van der Waals surface area contributed by atoms with Crippen LogP contribution in [0.3, 0.4) is 0 Å². The number of rotatable bonds is 6. The minimum absolute atomic E-state index is 0.287. The van der Waals surface area contributed by atoms with E-state index in [0.717, 1.165) is 0 Å². The van der Waals surface area contributed by atoms with E-state index in [2.05, 4.69) is 0 Å². The van der Waals surface area contributed by atoms with Gasteiger partial charge in [0.2, 0.25) is 0 Å². The second-order valence-electron chi connectivity index (χ2n) is 2.69. The molecule has 0 aliphatic heterocycles. The van der Waals surface area contributed by atoms with Gasteiger partial charge in [0, 0.05) is 22.3 Å². The van der Waals surface area contributed by atoms with Crippen LogP contribution in [0.2, 0.25) is 0 Å². The second kappa shape index (κ2) is 6.73. The first kappa shape index (κ1) is 11.0. The Bertz CT molecular complexity index is 121. The molecule has 0 fully saturated rings. The van der Waals surface area contributed by atoms with Gasteiger partial charge in [-0.1, -0.05) is 6.92 Å². The van der Waals surface area contributed by atoms with Gasteiger partial charge in [-0.15, -0.1) is 0 Å². The third-order valence-corrected chi connectivity index (χ3v) is 3.06. The summed E-state index contributed by atoms with van der Waals surface area (Å²) in [4.78, 5) is 0.